The van der Waals surface area contributed by atoms with Crippen LogP contribution in [-0.4, -0.2) is 20.7 Å². The third-order valence-corrected chi connectivity index (χ3v) is 4.40. The maximum atomic E-state index is 12.9. The molecule has 0 spiro atoms. The molecule has 10 heteroatoms. The predicted octanol–water partition coefficient (Wildman–Crippen LogP) is 3.95. The van der Waals surface area contributed by atoms with Gasteiger partial charge in [0.1, 0.15) is 10.6 Å². The number of pyridine rings is 1. The summed E-state index contributed by atoms with van der Waals surface area (Å²) in [5.41, 5.74) is -1.00. The summed E-state index contributed by atoms with van der Waals surface area (Å²) in [6.45, 7) is 0. The molecule has 120 valence electrons. The van der Waals surface area contributed by atoms with E-state index in [-0.39, 0.29) is 20.9 Å². The highest BCUT2D eigenvalue weighted by molar-refractivity contribution is 7.20. The van der Waals surface area contributed by atoms with Crippen LogP contribution in [0.2, 0.25) is 5.02 Å². The summed E-state index contributed by atoms with van der Waals surface area (Å²) in [6, 6.07) is 4.22. The van der Waals surface area contributed by atoms with Crippen LogP contribution in [0.15, 0.2) is 24.4 Å². The first-order valence-electron chi connectivity index (χ1n) is 6.22. The lowest BCUT2D eigenvalue weighted by atomic mass is 10.2. The molecule has 3 aromatic heterocycles. The van der Waals surface area contributed by atoms with Crippen LogP contribution in [-0.2, 0) is 13.2 Å². The Labute approximate surface area is 136 Å². The molecular weight excluding hydrogens is 353 g/mol. The van der Waals surface area contributed by atoms with Crippen LogP contribution in [0.5, 0.6) is 0 Å². The zero-order valence-electron chi connectivity index (χ0n) is 11.5. The number of anilines is 1. The molecule has 0 aliphatic carbocycles. The van der Waals surface area contributed by atoms with Crippen molar-refractivity contribution < 1.29 is 18.0 Å². The molecule has 0 fully saturated rings. The maximum Gasteiger partial charge on any atom is 0.435 e. The highest BCUT2D eigenvalue weighted by Crippen LogP contribution is 2.37. The number of hydrogen-bond acceptors (Lipinski definition) is 4. The van der Waals surface area contributed by atoms with Gasteiger partial charge in [-0.2, -0.15) is 18.3 Å². The molecule has 5 nitrogen and oxygen atoms in total. The first kappa shape index (κ1) is 15.8. The van der Waals surface area contributed by atoms with Gasteiger partial charge >= 0.3 is 6.18 Å². The molecule has 1 amide bonds. The average molecular weight is 361 g/mol. The van der Waals surface area contributed by atoms with E-state index in [2.05, 4.69) is 15.4 Å². The van der Waals surface area contributed by atoms with Crippen molar-refractivity contribution in [2.75, 3.05) is 5.32 Å². The van der Waals surface area contributed by atoms with Gasteiger partial charge in [-0.1, -0.05) is 11.6 Å². The summed E-state index contributed by atoms with van der Waals surface area (Å²) >= 11 is 6.62. The minimum Gasteiger partial charge on any atom is -0.306 e. The van der Waals surface area contributed by atoms with Gasteiger partial charge in [0.2, 0.25) is 0 Å². The molecule has 0 unspecified atom stereocenters. The van der Waals surface area contributed by atoms with E-state index in [1.165, 1.54) is 25.4 Å². The first-order valence-corrected chi connectivity index (χ1v) is 7.42. The summed E-state index contributed by atoms with van der Waals surface area (Å²) in [6.07, 6.45) is -3.22. The largest absolute Gasteiger partial charge is 0.435 e. The minimum atomic E-state index is -4.58. The number of hydrogen-bond donors (Lipinski definition) is 1. The summed E-state index contributed by atoms with van der Waals surface area (Å²) in [5, 5.41) is 6.27. The molecule has 1 N–H and O–H groups in total. The van der Waals surface area contributed by atoms with E-state index in [9.17, 15) is 18.0 Å². The van der Waals surface area contributed by atoms with Gasteiger partial charge in [-0.3, -0.25) is 9.48 Å². The molecule has 0 saturated carbocycles. The summed E-state index contributed by atoms with van der Waals surface area (Å²) in [4.78, 5) is 16.5. The second-order valence-electron chi connectivity index (χ2n) is 4.62. The van der Waals surface area contributed by atoms with E-state index in [1.807, 2.05) is 0 Å². The van der Waals surface area contributed by atoms with E-state index in [4.69, 9.17) is 11.6 Å². The molecular formula is C13H8ClF3N4OS. The number of carbonyl (C=O) groups excluding carboxylic acids is 1. The molecule has 0 saturated heterocycles. The number of rotatable bonds is 2. The maximum absolute atomic E-state index is 12.9. The number of aryl methyl sites for hydroxylation is 1. The highest BCUT2D eigenvalue weighted by Gasteiger charge is 2.37. The van der Waals surface area contributed by atoms with Gasteiger partial charge in [0.05, 0.1) is 9.90 Å². The number of nitrogens with one attached hydrogen (secondary N) is 1. The number of nitrogens with zero attached hydrogens (tertiary/aromatic N) is 3. The normalized spacial score (nSPS) is 11.9. The lowest BCUT2D eigenvalue weighted by molar-refractivity contribution is -0.140. The topological polar surface area (TPSA) is 59.8 Å². The number of halogens is 4. The quantitative estimate of drug-likeness (QED) is 0.752. The fraction of sp³-hybridized carbons (Fsp3) is 0.154. The average Bonchev–Trinajstić information content (AvgIpc) is 3.02. The smallest absolute Gasteiger partial charge is 0.306 e. The van der Waals surface area contributed by atoms with Gasteiger partial charge in [-0.25, -0.2) is 4.98 Å². The van der Waals surface area contributed by atoms with Crippen LogP contribution in [0.25, 0.3) is 10.2 Å². The second kappa shape index (κ2) is 5.50. The van der Waals surface area contributed by atoms with Crippen molar-refractivity contribution in [2.45, 2.75) is 6.18 Å². The van der Waals surface area contributed by atoms with Crippen molar-refractivity contribution in [2.24, 2.45) is 7.05 Å². The zero-order chi connectivity index (χ0) is 16.8. The van der Waals surface area contributed by atoms with Gasteiger partial charge in [0, 0.05) is 18.6 Å². The molecule has 0 aliphatic rings. The Hall–Kier alpha value is -2.13. The van der Waals surface area contributed by atoms with Gasteiger partial charge in [-0.15, -0.1) is 11.3 Å². The lowest BCUT2D eigenvalue weighted by Gasteiger charge is -2.03. The van der Waals surface area contributed by atoms with Crippen LogP contribution in [0, 0.1) is 0 Å². The van der Waals surface area contributed by atoms with Crippen LogP contribution in [0.3, 0.4) is 0 Å². The molecule has 0 radical (unpaired) electrons. The Morgan fingerprint density at radius 3 is 2.74 bits per heavy atom. The third-order valence-electron chi connectivity index (χ3n) is 2.97. The summed E-state index contributed by atoms with van der Waals surface area (Å²) < 4.78 is 39.9. The Morgan fingerprint density at radius 1 is 1.39 bits per heavy atom. The highest BCUT2D eigenvalue weighted by atomic mass is 35.5. The number of thiophene rings is 1. The molecule has 0 aliphatic heterocycles. The van der Waals surface area contributed by atoms with Crippen molar-refractivity contribution in [3.05, 3.63) is 40.0 Å². The fourth-order valence-corrected chi connectivity index (χ4v) is 3.07. The molecule has 3 rings (SSSR count). The van der Waals surface area contributed by atoms with Crippen LogP contribution < -0.4 is 5.32 Å². The Morgan fingerprint density at radius 2 is 2.13 bits per heavy atom. The molecule has 3 aromatic rings. The van der Waals surface area contributed by atoms with Gasteiger partial charge in [0.25, 0.3) is 5.91 Å². The van der Waals surface area contributed by atoms with E-state index in [0.29, 0.717) is 5.02 Å². The number of amides is 1. The van der Waals surface area contributed by atoms with Crippen LogP contribution in [0.1, 0.15) is 15.4 Å². The standard InChI is InChI=1S/C13H8ClF3N4OS/c1-21-12-7(10(20-21)13(15,16)17)4-8(23-12)11(22)19-9-3-2-6(14)5-18-9/h2-5H,1H3,(H,18,19,22). The van der Waals surface area contributed by atoms with E-state index in [1.54, 1.807) is 6.07 Å². The molecule has 3 heterocycles. The lowest BCUT2D eigenvalue weighted by Crippen LogP contribution is -2.11. The molecule has 23 heavy (non-hydrogen) atoms. The van der Waals surface area contributed by atoms with Gasteiger partial charge in [-0.05, 0) is 18.2 Å². The first-order chi connectivity index (χ1) is 10.8. The molecule has 0 aromatic carbocycles. The fourth-order valence-electron chi connectivity index (χ4n) is 1.99. The van der Waals surface area contributed by atoms with Gasteiger partial charge in [0.15, 0.2) is 5.69 Å². The second-order valence-corrected chi connectivity index (χ2v) is 6.08. The number of fused-ring (bicyclic) bond motifs is 1. The monoisotopic (exact) mass is 360 g/mol. The third kappa shape index (κ3) is 3.02. The van der Waals surface area contributed by atoms with Crippen molar-refractivity contribution in [1.82, 2.24) is 14.8 Å². The van der Waals surface area contributed by atoms with E-state index >= 15 is 0 Å². The molecule has 0 atom stereocenters. The number of aromatic nitrogens is 3. The predicted molar refractivity (Wildman–Crippen MR) is 80.8 cm³/mol. The summed E-state index contributed by atoms with van der Waals surface area (Å²) in [5.74, 6) is -0.292. The summed E-state index contributed by atoms with van der Waals surface area (Å²) in [7, 11) is 1.40. The van der Waals surface area contributed by atoms with Gasteiger partial charge < -0.3 is 5.32 Å². The van der Waals surface area contributed by atoms with Crippen molar-refractivity contribution in [3.8, 4) is 0 Å². The van der Waals surface area contributed by atoms with Crippen LogP contribution in [0.4, 0.5) is 19.0 Å². The van der Waals surface area contributed by atoms with E-state index < -0.39 is 17.8 Å². The van der Waals surface area contributed by atoms with Crippen molar-refractivity contribution in [3.63, 3.8) is 0 Å². The Balaban J connectivity index is 1.94. The Bertz CT molecular complexity index is 885. The number of alkyl halides is 3. The minimum absolute atomic E-state index is 0.0979. The van der Waals surface area contributed by atoms with E-state index in [0.717, 1.165) is 16.0 Å². The number of carbonyl (C=O) groups is 1. The SMILES string of the molecule is Cn1nc(C(F)(F)F)c2cc(C(=O)Nc3ccc(Cl)cn3)sc21. The van der Waals surface area contributed by atoms with Crippen molar-refractivity contribution in [1.29, 1.82) is 0 Å². The zero-order valence-corrected chi connectivity index (χ0v) is 13.1. The van der Waals surface area contributed by atoms with Crippen molar-refractivity contribution >= 4 is 44.9 Å². The molecule has 0 bridgehead atoms. The van der Waals surface area contributed by atoms with Crippen LogP contribution >= 0.6 is 22.9 Å². The Kier molecular flexibility index (Phi) is 3.77.